The lowest BCUT2D eigenvalue weighted by atomic mass is 9.90. The number of benzene rings is 1. The maximum atomic E-state index is 6.26. The number of furan rings is 1. The van der Waals surface area contributed by atoms with Crippen LogP contribution in [0.15, 0.2) is 39.7 Å². The van der Waals surface area contributed by atoms with E-state index >= 15 is 0 Å². The number of ether oxygens (including phenoxy) is 1. The molecule has 28 heavy (non-hydrogen) atoms. The average Bonchev–Trinajstić information content (AvgIpc) is 3.34. The molecular formula is C21H25ClN4O2. The van der Waals surface area contributed by atoms with E-state index in [0.717, 1.165) is 79.2 Å². The number of rotatable bonds is 4. The third-order valence-electron chi connectivity index (χ3n) is 6.01. The number of aliphatic imine (C=N–C) groups is 1. The summed E-state index contributed by atoms with van der Waals surface area (Å²) >= 11 is 6.26. The van der Waals surface area contributed by atoms with Gasteiger partial charge < -0.3 is 19.4 Å². The first kappa shape index (κ1) is 18.0. The summed E-state index contributed by atoms with van der Waals surface area (Å²) in [4.78, 5) is 9.74. The average molecular weight is 401 g/mol. The minimum atomic E-state index is -0.0755. The maximum absolute atomic E-state index is 6.26. The standard InChI is InChI=1S/C21H25ClN4O2/c1-27-14-17-4-3-16(28-17)13-25-9-6-21(7-10-25)24-19-12-15(22)2-5-18(19)20-23-8-11-26(20)21/h2-5,12,24H,6-11,13-14H2,1H3. The Bertz CT molecular complexity index is 902. The van der Waals surface area contributed by atoms with Crippen LogP contribution in [0.25, 0.3) is 0 Å². The van der Waals surface area contributed by atoms with E-state index in [9.17, 15) is 0 Å². The van der Waals surface area contributed by atoms with Gasteiger partial charge in [-0.1, -0.05) is 11.6 Å². The molecule has 4 heterocycles. The van der Waals surface area contributed by atoms with Crippen molar-refractivity contribution in [2.45, 2.75) is 31.7 Å². The number of anilines is 1. The Kier molecular flexibility index (Phi) is 4.57. The molecule has 6 nitrogen and oxygen atoms in total. The van der Waals surface area contributed by atoms with Gasteiger partial charge in [-0.3, -0.25) is 9.89 Å². The van der Waals surface area contributed by atoms with Gasteiger partial charge in [-0.05, 0) is 30.3 Å². The van der Waals surface area contributed by atoms with Crippen molar-refractivity contribution in [3.8, 4) is 0 Å². The van der Waals surface area contributed by atoms with E-state index in [1.54, 1.807) is 7.11 Å². The number of fused-ring (bicyclic) bond motifs is 4. The molecule has 1 saturated heterocycles. The molecule has 1 aromatic heterocycles. The largest absolute Gasteiger partial charge is 0.462 e. The zero-order valence-corrected chi connectivity index (χ0v) is 16.8. The predicted molar refractivity (Wildman–Crippen MR) is 110 cm³/mol. The Morgan fingerprint density at radius 1 is 1.18 bits per heavy atom. The molecule has 148 valence electrons. The van der Waals surface area contributed by atoms with Crippen LogP contribution in [0.3, 0.4) is 0 Å². The summed E-state index contributed by atoms with van der Waals surface area (Å²) in [5.41, 5.74) is 2.19. The number of nitrogens with one attached hydrogen (secondary N) is 1. The van der Waals surface area contributed by atoms with E-state index in [1.165, 1.54) is 0 Å². The van der Waals surface area contributed by atoms with Crippen LogP contribution in [0.1, 0.15) is 29.9 Å². The van der Waals surface area contributed by atoms with Gasteiger partial charge in [0.15, 0.2) is 0 Å². The van der Waals surface area contributed by atoms with Gasteiger partial charge in [-0.2, -0.15) is 0 Å². The van der Waals surface area contributed by atoms with E-state index in [4.69, 9.17) is 25.7 Å². The molecular weight excluding hydrogens is 376 g/mol. The van der Waals surface area contributed by atoms with Gasteiger partial charge in [-0.15, -0.1) is 0 Å². The lowest BCUT2D eigenvalue weighted by molar-refractivity contribution is 0.0844. The van der Waals surface area contributed by atoms with Gasteiger partial charge in [0.05, 0.1) is 13.1 Å². The normalized spacial score (nSPS) is 20.6. The molecule has 1 N–H and O–H groups in total. The highest BCUT2D eigenvalue weighted by Crippen LogP contribution is 2.40. The van der Waals surface area contributed by atoms with Crippen molar-refractivity contribution in [3.05, 3.63) is 52.4 Å². The summed E-state index contributed by atoms with van der Waals surface area (Å²) in [6.45, 7) is 5.21. The van der Waals surface area contributed by atoms with Crippen LogP contribution in [0, 0.1) is 0 Å². The molecule has 0 aliphatic carbocycles. The van der Waals surface area contributed by atoms with E-state index in [-0.39, 0.29) is 5.66 Å². The lowest BCUT2D eigenvalue weighted by Gasteiger charge is -2.52. The minimum absolute atomic E-state index is 0.0755. The maximum Gasteiger partial charge on any atom is 0.134 e. The number of likely N-dealkylation sites (tertiary alicyclic amines) is 1. The van der Waals surface area contributed by atoms with Crippen molar-refractivity contribution in [3.63, 3.8) is 0 Å². The molecule has 5 rings (SSSR count). The van der Waals surface area contributed by atoms with Gasteiger partial charge in [0.2, 0.25) is 0 Å². The number of amidine groups is 1. The van der Waals surface area contributed by atoms with Gasteiger partial charge in [0.1, 0.15) is 29.6 Å². The van der Waals surface area contributed by atoms with Gasteiger partial charge in [0.25, 0.3) is 0 Å². The molecule has 3 aliphatic rings. The number of halogens is 1. The predicted octanol–water partition coefficient (Wildman–Crippen LogP) is 3.56. The molecule has 0 atom stereocenters. The summed E-state index contributed by atoms with van der Waals surface area (Å²) < 4.78 is 11.0. The van der Waals surface area contributed by atoms with Crippen molar-refractivity contribution in [2.75, 3.05) is 38.6 Å². The quantitative estimate of drug-likeness (QED) is 0.850. The van der Waals surface area contributed by atoms with Crippen molar-refractivity contribution >= 4 is 23.1 Å². The van der Waals surface area contributed by atoms with Crippen molar-refractivity contribution in [1.82, 2.24) is 9.80 Å². The third-order valence-corrected chi connectivity index (χ3v) is 6.25. The molecule has 0 bridgehead atoms. The first-order valence-electron chi connectivity index (χ1n) is 9.86. The Labute approximate surface area is 170 Å². The van der Waals surface area contributed by atoms with E-state index in [2.05, 4.69) is 27.2 Å². The molecule has 7 heteroatoms. The van der Waals surface area contributed by atoms with Gasteiger partial charge in [-0.25, -0.2) is 0 Å². The summed E-state index contributed by atoms with van der Waals surface area (Å²) in [5, 5.41) is 4.58. The van der Waals surface area contributed by atoms with Crippen LogP contribution in [0.5, 0.6) is 0 Å². The molecule has 0 saturated carbocycles. The molecule has 2 aromatic rings. The number of methoxy groups -OCH3 is 1. The Balaban J connectivity index is 1.31. The van der Waals surface area contributed by atoms with E-state index in [1.807, 2.05) is 18.2 Å². The molecule has 3 aliphatic heterocycles. The summed E-state index contributed by atoms with van der Waals surface area (Å²) in [6.07, 6.45) is 2.06. The lowest BCUT2D eigenvalue weighted by Crippen LogP contribution is -2.63. The van der Waals surface area contributed by atoms with Crippen LogP contribution in [0.4, 0.5) is 5.69 Å². The molecule has 0 unspecified atom stereocenters. The molecule has 0 amide bonds. The fraction of sp³-hybridized carbons (Fsp3) is 0.476. The summed E-state index contributed by atoms with van der Waals surface area (Å²) in [7, 11) is 1.69. The SMILES string of the molecule is COCc1ccc(CN2CCC3(CC2)Nc2cc(Cl)ccc2C2=NCCN23)o1. The number of nitrogens with zero attached hydrogens (tertiary/aromatic N) is 3. The second kappa shape index (κ2) is 7.10. The van der Waals surface area contributed by atoms with Crippen LogP contribution in [0.2, 0.25) is 5.02 Å². The minimum Gasteiger partial charge on any atom is -0.462 e. The van der Waals surface area contributed by atoms with Crippen molar-refractivity contribution in [1.29, 1.82) is 0 Å². The van der Waals surface area contributed by atoms with Crippen molar-refractivity contribution in [2.24, 2.45) is 4.99 Å². The second-order valence-electron chi connectivity index (χ2n) is 7.78. The van der Waals surface area contributed by atoms with Gasteiger partial charge >= 0.3 is 0 Å². The Morgan fingerprint density at radius 2 is 2.00 bits per heavy atom. The fourth-order valence-corrected chi connectivity index (χ4v) is 4.82. The molecule has 1 aromatic carbocycles. The van der Waals surface area contributed by atoms with E-state index < -0.39 is 0 Å². The highest BCUT2D eigenvalue weighted by molar-refractivity contribution is 6.31. The van der Waals surface area contributed by atoms with Crippen LogP contribution < -0.4 is 5.32 Å². The summed E-state index contributed by atoms with van der Waals surface area (Å²) in [6, 6.07) is 10.1. The fourth-order valence-electron chi connectivity index (χ4n) is 4.65. The van der Waals surface area contributed by atoms with Crippen LogP contribution >= 0.6 is 11.6 Å². The first-order valence-corrected chi connectivity index (χ1v) is 10.2. The second-order valence-corrected chi connectivity index (χ2v) is 8.22. The van der Waals surface area contributed by atoms with E-state index in [0.29, 0.717) is 6.61 Å². The van der Waals surface area contributed by atoms with Gasteiger partial charge in [0, 0.05) is 55.9 Å². The van der Waals surface area contributed by atoms with Crippen molar-refractivity contribution < 1.29 is 9.15 Å². The monoisotopic (exact) mass is 400 g/mol. The molecule has 1 fully saturated rings. The molecule has 0 radical (unpaired) electrons. The first-order chi connectivity index (χ1) is 13.7. The topological polar surface area (TPSA) is 53.2 Å². The highest BCUT2D eigenvalue weighted by atomic mass is 35.5. The van der Waals surface area contributed by atoms with Crippen LogP contribution in [-0.4, -0.2) is 54.6 Å². The summed E-state index contributed by atoms with van der Waals surface area (Å²) in [5.74, 6) is 3.00. The highest BCUT2D eigenvalue weighted by Gasteiger charge is 2.46. The van der Waals surface area contributed by atoms with Crippen LogP contribution in [-0.2, 0) is 17.9 Å². The Hall–Kier alpha value is -2.02. The number of piperidine rings is 1. The third kappa shape index (κ3) is 3.09. The zero-order valence-electron chi connectivity index (χ0n) is 16.1. The molecule has 1 spiro atoms. The zero-order chi connectivity index (χ0) is 19.1. The smallest absolute Gasteiger partial charge is 0.134 e. The number of hydrogen-bond donors (Lipinski definition) is 1. The number of hydrogen-bond acceptors (Lipinski definition) is 6. The Morgan fingerprint density at radius 3 is 2.82 bits per heavy atom.